The van der Waals surface area contributed by atoms with Gasteiger partial charge < -0.3 is 29.9 Å². The Morgan fingerprint density at radius 1 is 1.18 bits per heavy atom. The molecule has 4 N–H and O–H groups in total. The largest absolute Gasteiger partial charge is 0.494 e. The summed E-state index contributed by atoms with van der Waals surface area (Å²) < 4.78 is 101. The third-order valence-electron chi connectivity index (χ3n) is 3.68. The van der Waals surface area contributed by atoms with Crippen molar-refractivity contribution >= 4 is 11.6 Å². The number of aliphatic hydroxyl groups excluding tert-OH is 1. The molecule has 0 spiro atoms. The molecule has 7 heteroatoms. The van der Waals surface area contributed by atoms with Gasteiger partial charge in [-0.3, -0.25) is 0 Å². The van der Waals surface area contributed by atoms with Gasteiger partial charge in [-0.25, -0.2) is 0 Å². The van der Waals surface area contributed by atoms with E-state index in [-0.39, 0.29) is 11.6 Å². The number of aliphatic hydroxyl groups is 4. The standard InChI is InChI=1S/C21H25ClO6/c1-2-27-15-6-3-12(4-7-15)9-14-10-13(5-8-16(14)22)21-20(26)19(25)18(24)17(11-23)28-21/h3-8,10,17-21,23-26H,2,9,11H2,1H3/t17-,18-,19+,20-,21+/m1/s1/i3D,4D,6D,7D,9D2,17D,18D,19D,20D,21D. The molecule has 0 bridgehead atoms. The first-order chi connectivity index (χ1) is 17.6. The zero-order valence-corrected chi connectivity index (χ0v) is 15.4. The van der Waals surface area contributed by atoms with Crippen molar-refractivity contribution in [1.82, 2.24) is 0 Å². The van der Waals surface area contributed by atoms with E-state index in [0.717, 1.165) is 12.1 Å². The van der Waals surface area contributed by atoms with E-state index in [1.54, 1.807) is 6.92 Å². The molecule has 5 atom stereocenters. The summed E-state index contributed by atoms with van der Waals surface area (Å²) in [5.74, 6) is -0.416. The lowest BCUT2D eigenvalue weighted by Gasteiger charge is -2.40. The highest BCUT2D eigenvalue weighted by atomic mass is 35.5. The van der Waals surface area contributed by atoms with Crippen LogP contribution in [0.3, 0.4) is 0 Å². The zero-order valence-electron chi connectivity index (χ0n) is 25.6. The Morgan fingerprint density at radius 3 is 2.54 bits per heavy atom. The van der Waals surface area contributed by atoms with Crippen LogP contribution >= 0.6 is 11.6 Å². The van der Waals surface area contributed by atoms with Crippen molar-refractivity contribution in [1.29, 1.82) is 0 Å². The number of hydrogen-bond donors (Lipinski definition) is 4. The van der Waals surface area contributed by atoms with E-state index in [0.29, 0.717) is 6.07 Å². The number of ether oxygens (including phenoxy) is 2. The van der Waals surface area contributed by atoms with Crippen LogP contribution in [0.5, 0.6) is 5.75 Å². The smallest absolute Gasteiger partial charge is 0.119 e. The molecule has 1 fully saturated rings. The lowest BCUT2D eigenvalue weighted by Crippen LogP contribution is -2.55. The van der Waals surface area contributed by atoms with Crippen molar-refractivity contribution in [2.24, 2.45) is 0 Å². The molecule has 152 valence electrons. The molecule has 0 radical (unpaired) electrons. The van der Waals surface area contributed by atoms with Gasteiger partial charge in [-0.15, -0.1) is 0 Å². The minimum atomic E-state index is -4.05. The van der Waals surface area contributed by atoms with E-state index >= 15 is 0 Å². The van der Waals surface area contributed by atoms with Gasteiger partial charge >= 0.3 is 0 Å². The summed E-state index contributed by atoms with van der Waals surface area (Å²) in [7, 11) is 0. The molecule has 3 rings (SSSR count). The lowest BCUT2D eigenvalue weighted by molar-refractivity contribution is -0.231. The van der Waals surface area contributed by atoms with E-state index in [9.17, 15) is 20.4 Å². The molecule has 1 saturated heterocycles. The van der Waals surface area contributed by atoms with Gasteiger partial charge in [0.25, 0.3) is 0 Å². The highest BCUT2D eigenvalue weighted by Gasteiger charge is 2.43. The quantitative estimate of drug-likeness (QED) is 0.570. The van der Waals surface area contributed by atoms with Crippen molar-refractivity contribution in [3.8, 4) is 5.75 Å². The molecule has 2 aromatic carbocycles. The molecule has 1 aliphatic rings. The molecule has 0 unspecified atom stereocenters. The maximum atomic E-state index is 10.8. The second-order valence-electron chi connectivity index (χ2n) is 5.52. The summed E-state index contributed by atoms with van der Waals surface area (Å²) in [6.45, 7) is -0.0370. The van der Waals surface area contributed by atoms with Crippen molar-refractivity contribution in [2.75, 3.05) is 13.2 Å². The van der Waals surface area contributed by atoms with Gasteiger partial charge in [0.05, 0.1) is 25.6 Å². The summed E-state index contributed by atoms with van der Waals surface area (Å²) >= 11 is 6.21. The van der Waals surface area contributed by atoms with E-state index in [1.165, 1.54) is 0 Å². The summed E-state index contributed by atoms with van der Waals surface area (Å²) in [6, 6.07) is -0.463. The minimum Gasteiger partial charge on any atom is -0.494 e. The van der Waals surface area contributed by atoms with Crippen LogP contribution in [-0.2, 0) is 11.1 Å². The first-order valence-electron chi connectivity index (χ1n) is 13.6. The number of hydrogen-bond acceptors (Lipinski definition) is 6. The van der Waals surface area contributed by atoms with Gasteiger partial charge in [0.2, 0.25) is 0 Å². The van der Waals surface area contributed by atoms with E-state index in [2.05, 4.69) is 0 Å². The average molecular weight is 420 g/mol. The third-order valence-corrected chi connectivity index (χ3v) is 4.01. The zero-order chi connectivity index (χ0) is 30.1. The molecule has 2 aromatic rings. The van der Waals surface area contributed by atoms with Crippen LogP contribution in [0.15, 0.2) is 42.4 Å². The predicted octanol–water partition coefficient (Wildman–Crippen LogP) is 1.84. The van der Waals surface area contributed by atoms with E-state index < -0.39 is 90.0 Å². The Kier molecular flexibility index (Phi) is 3.60. The minimum absolute atomic E-state index is 0.000501. The highest BCUT2D eigenvalue weighted by molar-refractivity contribution is 6.31. The van der Waals surface area contributed by atoms with E-state index in [1.807, 2.05) is 0 Å². The van der Waals surface area contributed by atoms with Gasteiger partial charge in [0, 0.05) is 7.76 Å². The fourth-order valence-corrected chi connectivity index (χ4v) is 2.52. The molecule has 0 aromatic heterocycles. The third kappa shape index (κ3) is 4.49. The van der Waals surface area contributed by atoms with Crippen molar-refractivity contribution < 1.29 is 45.0 Å². The topological polar surface area (TPSA) is 99.4 Å². The van der Waals surface area contributed by atoms with Crippen LogP contribution in [-0.4, -0.2) is 58.0 Å². The van der Waals surface area contributed by atoms with Crippen LogP contribution < -0.4 is 4.74 Å². The highest BCUT2D eigenvalue weighted by Crippen LogP contribution is 2.34. The maximum absolute atomic E-state index is 10.8. The SMILES string of the molecule is [2H]c1c([2H])c(C([2H])([2H])c2cc([C@]3([2H])O[C@]([2H])(CO)[C@@]([2H])(O)[C@]([2H])(O)[C@@]3([2H])O)ccc2Cl)c([2H])c([2H])c1OCC. The van der Waals surface area contributed by atoms with Crippen LogP contribution in [0.4, 0.5) is 0 Å². The summed E-state index contributed by atoms with van der Waals surface area (Å²) in [5.41, 5.74) is -2.15. The summed E-state index contributed by atoms with van der Waals surface area (Å²) in [5, 5.41) is 40.9. The fourth-order valence-electron chi connectivity index (χ4n) is 2.35. The fraction of sp³-hybridized carbons (Fsp3) is 0.429. The van der Waals surface area contributed by atoms with Crippen molar-refractivity contribution in [3.63, 3.8) is 0 Å². The van der Waals surface area contributed by atoms with Gasteiger partial charge in [0.1, 0.15) is 36.1 Å². The van der Waals surface area contributed by atoms with Crippen molar-refractivity contribution in [2.45, 2.75) is 43.7 Å². The van der Waals surface area contributed by atoms with Gasteiger partial charge in [-0.2, -0.15) is 0 Å². The molecular weight excluding hydrogens is 384 g/mol. The Labute approximate surface area is 184 Å². The molecule has 28 heavy (non-hydrogen) atoms. The van der Waals surface area contributed by atoms with Crippen LogP contribution in [0.2, 0.25) is 5.02 Å². The first-order valence-corrected chi connectivity index (χ1v) is 8.50. The first kappa shape index (κ1) is 10.9. The Bertz CT molecular complexity index is 1280. The van der Waals surface area contributed by atoms with Gasteiger partial charge in [-0.1, -0.05) is 35.8 Å². The summed E-state index contributed by atoms with van der Waals surface area (Å²) in [6.07, 6.45) is -21.6. The maximum Gasteiger partial charge on any atom is 0.119 e. The van der Waals surface area contributed by atoms with E-state index in [4.69, 9.17) is 36.2 Å². The van der Waals surface area contributed by atoms with Crippen molar-refractivity contribution in [3.05, 3.63) is 64.1 Å². The Hall–Kier alpha value is -1.67. The molecule has 1 heterocycles. The molecule has 0 amide bonds. The normalized spacial score (nSPS) is 46.9. The second-order valence-corrected chi connectivity index (χ2v) is 5.92. The predicted molar refractivity (Wildman–Crippen MR) is 105 cm³/mol. The van der Waals surface area contributed by atoms with Crippen LogP contribution in [0, 0.1) is 0 Å². The lowest BCUT2D eigenvalue weighted by atomic mass is 9.90. The molecule has 1 aliphatic heterocycles. The molecule has 0 saturated carbocycles. The Balaban J connectivity index is 2.31. The monoisotopic (exact) mass is 419 g/mol. The molecular formula is C21H25ClO6. The number of halogens is 1. The van der Waals surface area contributed by atoms with Crippen LogP contribution in [0.1, 0.15) is 44.8 Å². The second kappa shape index (κ2) is 9.22. The van der Waals surface area contributed by atoms with Crippen LogP contribution in [0.25, 0.3) is 0 Å². The number of benzene rings is 2. The average Bonchev–Trinajstić information content (AvgIpc) is 2.84. The van der Waals surface area contributed by atoms with Gasteiger partial charge in [-0.05, 0) is 48.1 Å². The summed E-state index contributed by atoms with van der Waals surface area (Å²) in [4.78, 5) is 0. The Morgan fingerprint density at radius 2 is 1.89 bits per heavy atom. The van der Waals surface area contributed by atoms with Gasteiger partial charge in [0.15, 0.2) is 0 Å². The number of rotatable bonds is 6. The molecule has 6 nitrogen and oxygen atoms in total. The molecule has 0 aliphatic carbocycles.